The molecule has 1 unspecified atom stereocenters. The second-order valence-corrected chi connectivity index (χ2v) is 5.67. The van der Waals surface area contributed by atoms with E-state index >= 15 is 0 Å². The van der Waals surface area contributed by atoms with Crippen molar-refractivity contribution in [3.05, 3.63) is 18.0 Å². The molecule has 1 aromatic heterocycles. The van der Waals surface area contributed by atoms with E-state index in [1.807, 2.05) is 17.9 Å². The fourth-order valence-corrected chi connectivity index (χ4v) is 1.49. The summed E-state index contributed by atoms with van der Waals surface area (Å²) >= 11 is 0. The summed E-state index contributed by atoms with van der Waals surface area (Å²) in [6, 6.07) is 2.08. The minimum absolute atomic E-state index is 0.388. The normalized spacial score (nSPS) is 14.1. The fraction of sp³-hybridized carbons (Fsp3) is 0.769. The van der Waals surface area contributed by atoms with Gasteiger partial charge in [-0.1, -0.05) is 27.7 Å². The lowest BCUT2D eigenvalue weighted by atomic mass is 9.82. The van der Waals surface area contributed by atoms with Gasteiger partial charge in [0.2, 0.25) is 0 Å². The number of aryl methyl sites for hydroxylation is 1. The van der Waals surface area contributed by atoms with Crippen LogP contribution in [0, 0.1) is 11.3 Å². The van der Waals surface area contributed by atoms with Crippen molar-refractivity contribution in [2.45, 2.75) is 34.1 Å². The van der Waals surface area contributed by atoms with Crippen molar-refractivity contribution in [1.82, 2.24) is 15.1 Å². The van der Waals surface area contributed by atoms with Crippen LogP contribution in [0.2, 0.25) is 0 Å². The molecule has 0 radical (unpaired) electrons. The lowest BCUT2D eigenvalue weighted by molar-refractivity contribution is 0.253. The molecular weight excluding hydrogens is 198 g/mol. The maximum absolute atomic E-state index is 4.16. The molecule has 92 valence electrons. The zero-order valence-electron chi connectivity index (χ0n) is 11.2. The van der Waals surface area contributed by atoms with Crippen LogP contribution in [0.1, 0.15) is 33.4 Å². The number of hydrogen-bond donors (Lipinski definition) is 1. The first kappa shape index (κ1) is 13.2. The molecule has 1 atom stereocenters. The summed E-state index contributed by atoms with van der Waals surface area (Å²) in [7, 11) is 1.99. The van der Waals surface area contributed by atoms with Gasteiger partial charge in [-0.05, 0) is 23.9 Å². The Bertz CT molecular complexity index is 309. The molecular formula is C13H25N3. The maximum atomic E-state index is 4.16. The van der Waals surface area contributed by atoms with Crippen molar-refractivity contribution in [2.24, 2.45) is 18.4 Å². The summed E-state index contributed by atoms with van der Waals surface area (Å²) in [5.74, 6) is 0.694. The lowest BCUT2D eigenvalue weighted by Crippen LogP contribution is -2.31. The summed E-state index contributed by atoms with van der Waals surface area (Å²) in [6.07, 6.45) is 2.90. The molecule has 0 aliphatic heterocycles. The van der Waals surface area contributed by atoms with E-state index in [1.54, 1.807) is 0 Å². The predicted octanol–water partition coefficient (Wildman–Crippen LogP) is 2.23. The molecule has 0 amide bonds. The maximum Gasteiger partial charge on any atom is 0.0492 e. The first-order valence-electron chi connectivity index (χ1n) is 6.09. The number of nitrogens with zero attached hydrogens (tertiary/aromatic N) is 2. The van der Waals surface area contributed by atoms with Crippen molar-refractivity contribution in [3.63, 3.8) is 0 Å². The molecule has 0 fully saturated rings. The van der Waals surface area contributed by atoms with Crippen LogP contribution in [0.3, 0.4) is 0 Å². The van der Waals surface area contributed by atoms with Crippen LogP contribution in [0.5, 0.6) is 0 Å². The highest BCUT2D eigenvalue weighted by Gasteiger charge is 2.18. The van der Waals surface area contributed by atoms with E-state index in [0.717, 1.165) is 19.5 Å². The van der Waals surface area contributed by atoms with Gasteiger partial charge in [0.05, 0.1) is 0 Å². The van der Waals surface area contributed by atoms with Crippen LogP contribution in [0.25, 0.3) is 0 Å². The number of hydrogen-bond acceptors (Lipinski definition) is 2. The third-order valence-corrected chi connectivity index (χ3v) is 3.41. The van der Waals surface area contributed by atoms with Gasteiger partial charge in [0.15, 0.2) is 0 Å². The van der Waals surface area contributed by atoms with Crippen LogP contribution in [0.4, 0.5) is 0 Å². The second kappa shape index (κ2) is 5.48. The molecule has 0 bridgehead atoms. The molecule has 0 aliphatic rings. The zero-order valence-corrected chi connectivity index (χ0v) is 11.2. The molecule has 0 aromatic carbocycles. The molecule has 0 saturated heterocycles. The Balaban J connectivity index is 2.20. The van der Waals surface area contributed by atoms with Gasteiger partial charge >= 0.3 is 0 Å². The van der Waals surface area contributed by atoms with Crippen molar-refractivity contribution >= 4 is 0 Å². The molecule has 1 rings (SSSR count). The van der Waals surface area contributed by atoms with Gasteiger partial charge in [0.1, 0.15) is 0 Å². The average molecular weight is 223 g/mol. The summed E-state index contributed by atoms with van der Waals surface area (Å²) in [4.78, 5) is 0. The van der Waals surface area contributed by atoms with E-state index < -0.39 is 0 Å². The Kier molecular flexibility index (Phi) is 4.54. The quantitative estimate of drug-likeness (QED) is 0.776. The Morgan fingerprint density at radius 1 is 1.44 bits per heavy atom. The van der Waals surface area contributed by atoms with Gasteiger partial charge in [0, 0.05) is 31.9 Å². The zero-order chi connectivity index (χ0) is 12.2. The molecule has 16 heavy (non-hydrogen) atoms. The summed E-state index contributed by atoms with van der Waals surface area (Å²) in [6.45, 7) is 11.3. The van der Waals surface area contributed by atoms with Crippen molar-refractivity contribution in [2.75, 3.05) is 13.1 Å². The number of nitrogens with one attached hydrogen (secondary N) is 1. The Morgan fingerprint density at radius 2 is 2.12 bits per heavy atom. The van der Waals surface area contributed by atoms with Crippen LogP contribution >= 0.6 is 0 Å². The Hall–Kier alpha value is -0.830. The van der Waals surface area contributed by atoms with Gasteiger partial charge in [-0.3, -0.25) is 4.68 Å². The fourth-order valence-electron chi connectivity index (χ4n) is 1.49. The van der Waals surface area contributed by atoms with Gasteiger partial charge in [0.25, 0.3) is 0 Å². The second-order valence-electron chi connectivity index (χ2n) is 5.67. The molecule has 1 heterocycles. The largest absolute Gasteiger partial charge is 0.316 e. The molecule has 3 heteroatoms. The summed E-state index contributed by atoms with van der Waals surface area (Å²) in [5.41, 5.74) is 1.68. The SMILES string of the molecule is CC(CNCCc1ccnn1C)C(C)(C)C. The smallest absolute Gasteiger partial charge is 0.0492 e. The first-order valence-corrected chi connectivity index (χ1v) is 6.09. The minimum atomic E-state index is 0.388. The van der Waals surface area contributed by atoms with Crippen LogP contribution in [0.15, 0.2) is 12.3 Å². The topological polar surface area (TPSA) is 29.9 Å². The Morgan fingerprint density at radius 3 is 2.62 bits per heavy atom. The van der Waals surface area contributed by atoms with Crippen LogP contribution < -0.4 is 5.32 Å². The van der Waals surface area contributed by atoms with Crippen molar-refractivity contribution in [3.8, 4) is 0 Å². The number of rotatable bonds is 5. The molecule has 0 aliphatic carbocycles. The van der Waals surface area contributed by atoms with Crippen LogP contribution in [-0.2, 0) is 13.5 Å². The van der Waals surface area contributed by atoms with Gasteiger partial charge in [-0.25, -0.2) is 0 Å². The highest BCUT2D eigenvalue weighted by atomic mass is 15.3. The highest BCUT2D eigenvalue weighted by Crippen LogP contribution is 2.24. The van der Waals surface area contributed by atoms with E-state index in [4.69, 9.17) is 0 Å². The van der Waals surface area contributed by atoms with E-state index in [0.29, 0.717) is 11.3 Å². The first-order chi connectivity index (χ1) is 7.41. The number of aromatic nitrogens is 2. The highest BCUT2D eigenvalue weighted by molar-refractivity contribution is 5.00. The molecule has 1 aromatic rings. The lowest BCUT2D eigenvalue weighted by Gasteiger charge is -2.27. The average Bonchev–Trinajstić information content (AvgIpc) is 2.57. The molecule has 0 spiro atoms. The van der Waals surface area contributed by atoms with Crippen molar-refractivity contribution < 1.29 is 0 Å². The standard InChI is InChI=1S/C13H25N3/c1-11(13(2,3)4)10-14-8-6-12-7-9-15-16(12)5/h7,9,11,14H,6,8,10H2,1-5H3. The van der Waals surface area contributed by atoms with Gasteiger partial charge in [-0.15, -0.1) is 0 Å². The molecule has 1 N–H and O–H groups in total. The minimum Gasteiger partial charge on any atom is -0.316 e. The summed E-state index contributed by atoms with van der Waals surface area (Å²) in [5, 5.41) is 7.67. The third-order valence-electron chi connectivity index (χ3n) is 3.41. The molecule has 0 saturated carbocycles. The van der Waals surface area contributed by atoms with Crippen LogP contribution in [-0.4, -0.2) is 22.9 Å². The van der Waals surface area contributed by atoms with E-state index in [9.17, 15) is 0 Å². The third kappa shape index (κ3) is 3.97. The Labute approximate surface area is 99.2 Å². The molecule has 3 nitrogen and oxygen atoms in total. The van der Waals surface area contributed by atoms with E-state index in [1.165, 1.54) is 5.69 Å². The van der Waals surface area contributed by atoms with E-state index in [-0.39, 0.29) is 0 Å². The van der Waals surface area contributed by atoms with Gasteiger partial charge in [-0.2, -0.15) is 5.10 Å². The van der Waals surface area contributed by atoms with E-state index in [2.05, 4.69) is 44.2 Å². The van der Waals surface area contributed by atoms with Gasteiger partial charge < -0.3 is 5.32 Å². The van der Waals surface area contributed by atoms with Crippen molar-refractivity contribution in [1.29, 1.82) is 0 Å². The monoisotopic (exact) mass is 223 g/mol. The summed E-state index contributed by atoms with van der Waals surface area (Å²) < 4.78 is 1.94. The predicted molar refractivity (Wildman–Crippen MR) is 68.4 cm³/mol.